The molecule has 3 aromatic rings. The number of fused-ring (bicyclic) bond motifs is 1. The third kappa shape index (κ3) is 5.00. The lowest BCUT2D eigenvalue weighted by Gasteiger charge is -2.22. The number of aromatic nitrogens is 4. The molecule has 1 fully saturated rings. The minimum Gasteiger partial charge on any atom is -0.396 e. The van der Waals surface area contributed by atoms with Crippen molar-refractivity contribution in [1.29, 1.82) is 0 Å². The van der Waals surface area contributed by atoms with Gasteiger partial charge in [0.1, 0.15) is 22.4 Å². The van der Waals surface area contributed by atoms with E-state index in [0.717, 1.165) is 37.9 Å². The highest BCUT2D eigenvalue weighted by Gasteiger charge is 2.41. The van der Waals surface area contributed by atoms with E-state index in [0.29, 0.717) is 24.7 Å². The second kappa shape index (κ2) is 9.33. The van der Waals surface area contributed by atoms with Crippen molar-refractivity contribution in [2.75, 3.05) is 23.8 Å². The molecule has 34 heavy (non-hydrogen) atoms. The molecule has 4 rings (SSSR count). The van der Waals surface area contributed by atoms with Gasteiger partial charge in [-0.05, 0) is 38.7 Å². The van der Waals surface area contributed by atoms with Crippen molar-refractivity contribution >= 4 is 33.3 Å². The fourth-order valence-corrected chi connectivity index (χ4v) is 5.53. The van der Waals surface area contributed by atoms with Gasteiger partial charge in [-0.15, -0.1) is 11.3 Å². The Morgan fingerprint density at radius 1 is 1.03 bits per heavy atom. The molecule has 0 aromatic carbocycles. The van der Waals surface area contributed by atoms with E-state index in [9.17, 15) is 15.3 Å². The van der Waals surface area contributed by atoms with Crippen molar-refractivity contribution in [3.05, 3.63) is 23.1 Å². The number of pyridine rings is 1. The van der Waals surface area contributed by atoms with E-state index in [2.05, 4.69) is 36.4 Å². The molecule has 0 amide bonds. The maximum atomic E-state index is 10.6. The maximum Gasteiger partial charge on any atom is 0.224 e. The maximum absolute atomic E-state index is 10.6. The molecule has 3 aromatic heterocycles. The summed E-state index contributed by atoms with van der Waals surface area (Å²) < 4.78 is 1.04. The van der Waals surface area contributed by atoms with Gasteiger partial charge in [-0.25, -0.2) is 9.97 Å². The van der Waals surface area contributed by atoms with Crippen LogP contribution in [0.1, 0.15) is 44.3 Å². The normalized spacial score (nSPS) is 23.0. The average molecular weight is 487 g/mol. The molecule has 5 N–H and O–H groups in total. The lowest BCUT2D eigenvalue weighted by molar-refractivity contribution is 0.00446. The Labute approximate surface area is 203 Å². The minimum absolute atomic E-state index is 0.0407. The van der Waals surface area contributed by atoms with Gasteiger partial charge in [0.25, 0.3) is 0 Å². The molecule has 184 valence electrons. The summed E-state index contributed by atoms with van der Waals surface area (Å²) in [6.07, 6.45) is -1.59. The lowest BCUT2D eigenvalue weighted by atomic mass is 9.97. The Kier molecular flexibility index (Phi) is 6.78. The van der Waals surface area contributed by atoms with Crippen LogP contribution in [0.25, 0.3) is 20.8 Å². The third-order valence-corrected chi connectivity index (χ3v) is 7.14. The number of thiazole rings is 1. The van der Waals surface area contributed by atoms with Crippen molar-refractivity contribution in [1.82, 2.24) is 19.9 Å². The van der Waals surface area contributed by atoms with E-state index in [1.807, 2.05) is 26.8 Å². The summed E-state index contributed by atoms with van der Waals surface area (Å²) >= 11 is 1.55. The van der Waals surface area contributed by atoms with Crippen molar-refractivity contribution in [2.24, 2.45) is 11.3 Å². The van der Waals surface area contributed by atoms with Crippen molar-refractivity contribution in [3.63, 3.8) is 0 Å². The molecule has 0 saturated heterocycles. The van der Waals surface area contributed by atoms with Crippen molar-refractivity contribution in [2.45, 2.75) is 66.2 Å². The summed E-state index contributed by atoms with van der Waals surface area (Å²) in [5.74, 6) is 0.636. The van der Waals surface area contributed by atoms with Crippen LogP contribution in [0.4, 0.5) is 11.8 Å². The molecule has 1 aliphatic rings. The second-order valence-electron chi connectivity index (χ2n) is 10.4. The Bertz CT molecular complexity index is 1190. The zero-order valence-electron chi connectivity index (χ0n) is 20.5. The van der Waals surface area contributed by atoms with Crippen molar-refractivity contribution in [3.8, 4) is 10.6 Å². The summed E-state index contributed by atoms with van der Waals surface area (Å²) in [7, 11) is 0. The quantitative estimate of drug-likeness (QED) is 0.356. The molecule has 0 spiro atoms. The lowest BCUT2D eigenvalue weighted by Crippen LogP contribution is -2.36. The Morgan fingerprint density at radius 2 is 1.76 bits per heavy atom. The number of aryl methyl sites for hydroxylation is 3. The molecular weight excluding hydrogens is 452 g/mol. The predicted octanol–water partition coefficient (Wildman–Crippen LogP) is 3.05. The van der Waals surface area contributed by atoms with Crippen LogP contribution in [-0.2, 0) is 0 Å². The van der Waals surface area contributed by atoms with Crippen LogP contribution in [0.15, 0.2) is 6.07 Å². The molecule has 4 atom stereocenters. The van der Waals surface area contributed by atoms with Crippen LogP contribution >= 0.6 is 11.3 Å². The molecular formula is C24H34N6O3S. The first kappa shape index (κ1) is 24.7. The molecule has 9 nitrogen and oxygen atoms in total. The van der Waals surface area contributed by atoms with Crippen LogP contribution in [0.5, 0.6) is 0 Å². The smallest absolute Gasteiger partial charge is 0.224 e. The Hall–Kier alpha value is -2.40. The van der Waals surface area contributed by atoms with Gasteiger partial charge >= 0.3 is 0 Å². The van der Waals surface area contributed by atoms with Crippen LogP contribution in [0, 0.1) is 32.1 Å². The standard InChI is InChI=1S/C24H34N6O3S/c1-11-7-16-18(13(3)26-11)29-22(34-16)17-12(2)27-23(25-10-24(4,5)6)30-21(17)28-15-8-14(9-31)19(32)20(15)33/h7,14-15,19-20,31-33H,8-10H2,1-6H3,(H2,25,27,28,30). The summed E-state index contributed by atoms with van der Waals surface area (Å²) in [6.45, 7) is 12.7. The number of aliphatic hydroxyl groups excluding tert-OH is 3. The number of nitrogens with zero attached hydrogens (tertiary/aromatic N) is 4. The summed E-state index contributed by atoms with van der Waals surface area (Å²) in [5.41, 5.74) is 4.21. The van der Waals surface area contributed by atoms with E-state index >= 15 is 0 Å². The Morgan fingerprint density at radius 3 is 2.41 bits per heavy atom. The zero-order chi connectivity index (χ0) is 24.8. The minimum atomic E-state index is -1.02. The van der Waals surface area contributed by atoms with Gasteiger partial charge in [-0.1, -0.05) is 20.8 Å². The fraction of sp³-hybridized carbons (Fsp3) is 0.583. The highest BCUT2D eigenvalue weighted by molar-refractivity contribution is 7.21. The van der Waals surface area contributed by atoms with E-state index in [1.54, 1.807) is 11.3 Å². The van der Waals surface area contributed by atoms with Gasteiger partial charge in [0, 0.05) is 24.8 Å². The number of aliphatic hydroxyl groups is 3. The molecule has 3 heterocycles. The SMILES string of the molecule is Cc1cc2sc(-c3c(C)nc(NCC(C)(C)C)nc3NC3CC(CO)C(O)C3O)nc2c(C)n1. The van der Waals surface area contributed by atoms with E-state index < -0.39 is 24.2 Å². The van der Waals surface area contributed by atoms with Crippen LogP contribution in [0.3, 0.4) is 0 Å². The summed E-state index contributed by atoms with van der Waals surface area (Å²) in [6, 6.07) is 1.56. The molecule has 1 saturated carbocycles. The third-order valence-electron chi connectivity index (χ3n) is 6.12. The molecule has 4 unspecified atom stereocenters. The van der Waals surface area contributed by atoms with Crippen LogP contribution < -0.4 is 10.6 Å². The number of hydrogen-bond donors (Lipinski definition) is 5. The largest absolute Gasteiger partial charge is 0.396 e. The highest BCUT2D eigenvalue weighted by Crippen LogP contribution is 2.38. The van der Waals surface area contributed by atoms with Crippen LogP contribution in [0.2, 0.25) is 0 Å². The van der Waals surface area contributed by atoms with Gasteiger partial charge in [-0.3, -0.25) is 4.98 Å². The van der Waals surface area contributed by atoms with E-state index in [4.69, 9.17) is 15.0 Å². The summed E-state index contributed by atoms with van der Waals surface area (Å²) in [4.78, 5) is 18.9. The first-order valence-corrected chi connectivity index (χ1v) is 12.4. The number of rotatable bonds is 6. The fourth-order valence-electron chi connectivity index (χ4n) is 4.32. The van der Waals surface area contributed by atoms with E-state index in [1.165, 1.54) is 0 Å². The van der Waals surface area contributed by atoms with Crippen molar-refractivity contribution < 1.29 is 15.3 Å². The predicted molar refractivity (Wildman–Crippen MR) is 135 cm³/mol. The monoisotopic (exact) mass is 486 g/mol. The molecule has 0 aliphatic heterocycles. The first-order chi connectivity index (χ1) is 16.0. The van der Waals surface area contributed by atoms with Gasteiger partial charge in [0.2, 0.25) is 5.95 Å². The highest BCUT2D eigenvalue weighted by atomic mass is 32.1. The summed E-state index contributed by atoms with van der Waals surface area (Å²) in [5, 5.41) is 37.9. The van der Waals surface area contributed by atoms with Gasteiger partial charge in [0.15, 0.2) is 0 Å². The molecule has 1 aliphatic carbocycles. The number of hydrogen-bond acceptors (Lipinski definition) is 10. The zero-order valence-corrected chi connectivity index (χ0v) is 21.4. The van der Waals surface area contributed by atoms with Crippen LogP contribution in [-0.4, -0.2) is 66.7 Å². The topological polar surface area (TPSA) is 136 Å². The second-order valence-corrected chi connectivity index (χ2v) is 11.4. The van der Waals surface area contributed by atoms with Gasteiger partial charge in [0.05, 0.1) is 33.8 Å². The van der Waals surface area contributed by atoms with E-state index in [-0.39, 0.29) is 12.0 Å². The van der Waals surface area contributed by atoms with Gasteiger partial charge in [-0.2, -0.15) is 4.98 Å². The molecule has 10 heteroatoms. The Balaban J connectivity index is 1.78. The first-order valence-electron chi connectivity index (χ1n) is 11.6. The average Bonchev–Trinajstić information content (AvgIpc) is 3.28. The van der Waals surface area contributed by atoms with Gasteiger partial charge < -0.3 is 26.0 Å². The molecule has 0 bridgehead atoms. The number of anilines is 2. The molecule has 0 radical (unpaired) electrons. The number of nitrogens with one attached hydrogen (secondary N) is 2.